The van der Waals surface area contributed by atoms with E-state index < -0.39 is 0 Å². The van der Waals surface area contributed by atoms with Crippen LogP contribution in [0.25, 0.3) is 0 Å². The maximum atomic E-state index is 13.2. The molecule has 11 heteroatoms. The van der Waals surface area contributed by atoms with E-state index in [9.17, 15) is 19.5 Å². The fourth-order valence-corrected chi connectivity index (χ4v) is 14.5. The minimum Gasteiger partial charge on any atom is -0.378 e. The van der Waals surface area contributed by atoms with Crippen molar-refractivity contribution in [1.82, 2.24) is 36.0 Å². The minimum atomic E-state index is -0.369. The Bertz CT molecular complexity index is 1600. The predicted molar refractivity (Wildman–Crippen MR) is 405 cm³/mol. The maximum absolute atomic E-state index is 13.2. The molecule has 3 amide bonds. The molecule has 6 unspecified atom stereocenters. The molecule has 1 saturated heterocycles. The van der Waals surface area contributed by atoms with Crippen LogP contribution in [-0.4, -0.2) is 129 Å². The Balaban J connectivity index is 2.82. The molecule has 93 heavy (non-hydrogen) atoms. The number of piperazine rings is 1. The monoisotopic (exact) mass is 1310 g/mol. The highest BCUT2D eigenvalue weighted by molar-refractivity contribution is 5.79. The van der Waals surface area contributed by atoms with Gasteiger partial charge in [-0.15, -0.1) is 0 Å². The van der Waals surface area contributed by atoms with Gasteiger partial charge in [-0.3, -0.25) is 24.6 Å². The largest absolute Gasteiger partial charge is 0.378 e. The first-order valence-corrected chi connectivity index (χ1v) is 42.0. The first-order chi connectivity index (χ1) is 45.6. The predicted octanol–water partition coefficient (Wildman–Crippen LogP) is 20.7. The number of nitrogens with one attached hydrogen (secondary N) is 4. The summed E-state index contributed by atoms with van der Waals surface area (Å²) in [7, 11) is 0. The number of nitrogens with zero attached hydrogens (tertiary/aromatic N) is 3. The zero-order valence-corrected chi connectivity index (χ0v) is 63.9. The molecule has 5 N–H and O–H groups in total. The van der Waals surface area contributed by atoms with Gasteiger partial charge >= 0.3 is 0 Å². The second-order valence-corrected chi connectivity index (χ2v) is 29.9. The van der Waals surface area contributed by atoms with E-state index in [4.69, 9.17) is 0 Å². The molecule has 0 saturated carbocycles. The number of amides is 3. The molecule has 0 aromatic rings. The summed E-state index contributed by atoms with van der Waals surface area (Å²) in [6.07, 6.45) is 62.1. The minimum absolute atomic E-state index is 0.193. The van der Waals surface area contributed by atoms with Crippen molar-refractivity contribution >= 4 is 17.7 Å². The molecule has 6 atom stereocenters. The van der Waals surface area contributed by atoms with Gasteiger partial charge in [0, 0.05) is 76.7 Å². The standard InChI is InChI=1S/C82H165N7O4/c1-9-17-25-40-56-75(52-21-13-5)79(90)83-61-44-32-29-30-38-50-74(51-39-31-33-45-62-84-80(91)76(53-22-14-6)57-41-26-18-10-2)60-67-88-69-72-89(73-70-88)71-68-87(65-48-36-34-46-63-85-81(92)77(54-23-15-7)58-42-27-19-11-3)66-49-37-35-47-64-86-82(93)78(55-24-16-8)59-43-28-20-12-4/h74-78,81,85,92H,9-73H2,1-8H3,(H,83,90)(H,84,91)(H,86,93). The topological polar surface area (TPSA) is 129 Å². The number of aliphatic hydroxyl groups excluding tert-OH is 1. The lowest BCUT2D eigenvalue weighted by atomic mass is 9.91. The van der Waals surface area contributed by atoms with Gasteiger partial charge in [-0.1, -0.05) is 293 Å². The van der Waals surface area contributed by atoms with Gasteiger partial charge in [0.2, 0.25) is 17.7 Å². The van der Waals surface area contributed by atoms with Crippen molar-refractivity contribution in [3.8, 4) is 0 Å². The van der Waals surface area contributed by atoms with Crippen LogP contribution in [-0.2, 0) is 14.4 Å². The highest BCUT2D eigenvalue weighted by atomic mass is 16.3. The summed E-state index contributed by atoms with van der Waals surface area (Å²) in [5.74, 6) is 2.68. The Morgan fingerprint density at radius 1 is 0.312 bits per heavy atom. The number of carbonyl (C=O) groups is 3. The number of aliphatic hydroxyl groups is 1. The number of hydrogen-bond donors (Lipinski definition) is 5. The van der Waals surface area contributed by atoms with Gasteiger partial charge in [0.15, 0.2) is 0 Å². The van der Waals surface area contributed by atoms with Gasteiger partial charge in [-0.2, -0.15) is 0 Å². The van der Waals surface area contributed by atoms with Gasteiger partial charge in [0.05, 0.1) is 0 Å². The Morgan fingerprint density at radius 2 is 0.602 bits per heavy atom. The lowest BCUT2D eigenvalue weighted by molar-refractivity contribution is -0.126. The zero-order valence-electron chi connectivity index (χ0n) is 63.9. The summed E-state index contributed by atoms with van der Waals surface area (Å²) in [5, 5.41) is 24.7. The third kappa shape index (κ3) is 52.9. The van der Waals surface area contributed by atoms with Crippen LogP contribution in [0.15, 0.2) is 0 Å². The maximum Gasteiger partial charge on any atom is 0.223 e. The van der Waals surface area contributed by atoms with Crippen LogP contribution >= 0.6 is 0 Å². The van der Waals surface area contributed by atoms with E-state index in [-0.39, 0.29) is 24.0 Å². The summed E-state index contributed by atoms with van der Waals surface area (Å²) in [4.78, 5) is 47.9. The van der Waals surface area contributed by atoms with Crippen LogP contribution in [0.1, 0.15) is 389 Å². The van der Waals surface area contributed by atoms with Gasteiger partial charge in [-0.25, -0.2) is 0 Å². The van der Waals surface area contributed by atoms with Crippen LogP contribution < -0.4 is 21.3 Å². The smallest absolute Gasteiger partial charge is 0.223 e. The summed E-state index contributed by atoms with van der Waals surface area (Å²) < 4.78 is 0. The number of carbonyl (C=O) groups excluding carboxylic acids is 3. The van der Waals surface area contributed by atoms with Crippen LogP contribution in [0.3, 0.4) is 0 Å². The normalized spacial score (nSPS) is 15.2. The molecule has 0 aromatic carbocycles. The summed E-state index contributed by atoms with van der Waals surface area (Å²) in [6, 6.07) is 0. The second kappa shape index (κ2) is 67.4. The first kappa shape index (κ1) is 89.2. The fraction of sp³-hybridized carbons (Fsp3) is 0.963. The van der Waals surface area contributed by atoms with Crippen molar-refractivity contribution in [1.29, 1.82) is 0 Å². The Morgan fingerprint density at radius 3 is 1.00 bits per heavy atom. The highest BCUT2D eigenvalue weighted by Crippen LogP contribution is 2.26. The van der Waals surface area contributed by atoms with Crippen molar-refractivity contribution in [3.05, 3.63) is 0 Å². The summed E-state index contributed by atoms with van der Waals surface area (Å²) in [6.45, 7) is 32.0. The second-order valence-electron chi connectivity index (χ2n) is 29.9. The average Bonchev–Trinajstić information content (AvgIpc) is 3.25. The van der Waals surface area contributed by atoms with Crippen molar-refractivity contribution < 1.29 is 19.5 Å². The average molecular weight is 1310 g/mol. The molecule has 1 rings (SSSR count). The SMILES string of the molecule is CCCCCCC(CCCC)C(=O)NCCCCCCCC(CCCCCCNC(=O)C(CCCC)CCCCCC)CCN1CCN(CCN(CCCCCCNC(=O)C(CCCC)CCCCCC)CCCCCCNC(O)C(CCCC)CCCCCC)CC1. The van der Waals surface area contributed by atoms with Crippen LogP contribution in [0.4, 0.5) is 0 Å². The van der Waals surface area contributed by atoms with Crippen molar-refractivity contribution in [2.45, 2.75) is 396 Å². The van der Waals surface area contributed by atoms with Crippen molar-refractivity contribution in [3.63, 3.8) is 0 Å². The molecule has 1 heterocycles. The molecular weight excluding hydrogens is 1150 g/mol. The van der Waals surface area contributed by atoms with E-state index in [0.29, 0.717) is 23.6 Å². The van der Waals surface area contributed by atoms with Crippen molar-refractivity contribution in [2.75, 3.05) is 85.1 Å². The molecule has 1 aliphatic rings. The van der Waals surface area contributed by atoms with Gasteiger partial charge in [0.1, 0.15) is 6.23 Å². The zero-order chi connectivity index (χ0) is 67.7. The molecule has 0 spiro atoms. The Kier molecular flexibility index (Phi) is 64.7. The van der Waals surface area contributed by atoms with Gasteiger partial charge in [0.25, 0.3) is 0 Å². The van der Waals surface area contributed by atoms with E-state index in [1.807, 2.05) is 0 Å². The molecule has 552 valence electrons. The summed E-state index contributed by atoms with van der Waals surface area (Å²) in [5.41, 5.74) is 0. The Labute approximate surface area is 580 Å². The van der Waals surface area contributed by atoms with Crippen LogP contribution in [0.2, 0.25) is 0 Å². The molecule has 0 aromatic heterocycles. The lowest BCUT2D eigenvalue weighted by Crippen LogP contribution is -2.48. The van der Waals surface area contributed by atoms with E-state index in [1.165, 1.54) is 264 Å². The molecule has 0 radical (unpaired) electrons. The molecule has 0 aliphatic carbocycles. The van der Waals surface area contributed by atoms with E-state index in [1.54, 1.807) is 0 Å². The number of rotatable bonds is 72. The van der Waals surface area contributed by atoms with E-state index >= 15 is 0 Å². The summed E-state index contributed by atoms with van der Waals surface area (Å²) >= 11 is 0. The highest BCUT2D eigenvalue weighted by Gasteiger charge is 2.23. The van der Waals surface area contributed by atoms with Gasteiger partial charge < -0.3 is 30.9 Å². The number of unbranched alkanes of at least 4 members (excludes halogenated alkanes) is 29. The quantitative estimate of drug-likeness (QED) is 0.0301. The van der Waals surface area contributed by atoms with Crippen LogP contribution in [0.5, 0.6) is 0 Å². The van der Waals surface area contributed by atoms with Crippen LogP contribution in [0, 0.1) is 29.6 Å². The fourth-order valence-electron chi connectivity index (χ4n) is 14.5. The molecule has 11 nitrogen and oxygen atoms in total. The molecule has 0 bridgehead atoms. The molecule has 1 fully saturated rings. The first-order valence-electron chi connectivity index (χ1n) is 42.0. The van der Waals surface area contributed by atoms with E-state index in [2.05, 4.69) is 91.4 Å². The third-order valence-electron chi connectivity index (χ3n) is 21.3. The van der Waals surface area contributed by atoms with Gasteiger partial charge in [-0.05, 0) is 134 Å². The Hall–Kier alpha value is -1.79. The molecular formula is C82H165N7O4. The molecule has 1 aliphatic heterocycles. The third-order valence-corrected chi connectivity index (χ3v) is 21.3. The van der Waals surface area contributed by atoms with Crippen molar-refractivity contribution in [2.24, 2.45) is 29.6 Å². The number of hydrogen-bond acceptors (Lipinski definition) is 8. The van der Waals surface area contributed by atoms with E-state index in [0.717, 1.165) is 161 Å². The lowest BCUT2D eigenvalue weighted by Gasteiger charge is -2.36.